The van der Waals surface area contributed by atoms with Gasteiger partial charge in [-0.3, -0.25) is 4.79 Å². The van der Waals surface area contributed by atoms with Crippen LogP contribution in [-0.2, 0) is 0 Å². The van der Waals surface area contributed by atoms with Gasteiger partial charge in [-0.05, 0) is 84.0 Å². The topological polar surface area (TPSA) is 29.1 Å². The molecule has 98 valence electrons. The minimum Gasteiger partial charge on any atom is -0.322 e. The van der Waals surface area contributed by atoms with Gasteiger partial charge in [0, 0.05) is 14.8 Å². The number of benzene rings is 2. The molecule has 4 heteroatoms. The Hall–Kier alpha value is -1.43. The van der Waals surface area contributed by atoms with Gasteiger partial charge in [0.1, 0.15) is 5.82 Å². The second kappa shape index (κ2) is 5.69. The molecule has 0 aliphatic heterocycles. The lowest BCUT2D eigenvalue weighted by Gasteiger charge is -2.10. The van der Waals surface area contributed by atoms with Crippen molar-refractivity contribution in [1.82, 2.24) is 0 Å². The van der Waals surface area contributed by atoms with Gasteiger partial charge in [-0.2, -0.15) is 0 Å². The van der Waals surface area contributed by atoms with Crippen LogP contribution < -0.4 is 5.32 Å². The summed E-state index contributed by atoms with van der Waals surface area (Å²) in [5.41, 5.74) is 3.34. The van der Waals surface area contributed by atoms with E-state index in [1.807, 2.05) is 26.0 Å². The number of hydrogen-bond donors (Lipinski definition) is 1. The maximum absolute atomic E-state index is 12.8. The number of carbonyl (C=O) groups excluding carboxylic acids is 1. The van der Waals surface area contributed by atoms with Crippen LogP contribution in [0.5, 0.6) is 0 Å². The quantitative estimate of drug-likeness (QED) is 0.786. The van der Waals surface area contributed by atoms with Gasteiger partial charge < -0.3 is 5.32 Å². The molecule has 2 aromatic rings. The molecule has 2 nitrogen and oxygen atoms in total. The number of halogens is 2. The van der Waals surface area contributed by atoms with E-state index in [9.17, 15) is 9.18 Å². The maximum Gasteiger partial charge on any atom is 0.255 e. The Kier molecular flexibility index (Phi) is 4.19. The van der Waals surface area contributed by atoms with Gasteiger partial charge in [-0.1, -0.05) is 0 Å². The van der Waals surface area contributed by atoms with Crippen LogP contribution in [0, 0.1) is 23.2 Å². The van der Waals surface area contributed by atoms with Crippen LogP contribution in [-0.4, -0.2) is 5.91 Å². The first-order valence-electron chi connectivity index (χ1n) is 5.81. The van der Waals surface area contributed by atoms with Gasteiger partial charge >= 0.3 is 0 Å². The molecule has 0 spiro atoms. The molecule has 0 aliphatic rings. The second-order valence-corrected chi connectivity index (χ2v) is 5.54. The molecule has 2 rings (SSSR count). The van der Waals surface area contributed by atoms with E-state index in [4.69, 9.17) is 0 Å². The number of amides is 1. The predicted molar refractivity (Wildman–Crippen MR) is 83.0 cm³/mol. The van der Waals surface area contributed by atoms with E-state index in [1.165, 1.54) is 24.3 Å². The van der Waals surface area contributed by atoms with E-state index in [-0.39, 0.29) is 11.7 Å². The standard InChI is InChI=1S/C15H13FINO/c1-9-8-14(10(2)7-13(9)17)18-15(19)11-3-5-12(16)6-4-11/h3-8H,1-2H3,(H,18,19). The van der Waals surface area contributed by atoms with Crippen LogP contribution in [0.25, 0.3) is 0 Å². The molecule has 0 aromatic heterocycles. The third-order valence-corrected chi connectivity index (χ3v) is 4.02. The molecule has 0 atom stereocenters. The average Bonchev–Trinajstić information content (AvgIpc) is 2.36. The zero-order valence-corrected chi connectivity index (χ0v) is 12.8. The van der Waals surface area contributed by atoms with Crippen LogP contribution in [0.4, 0.5) is 10.1 Å². The van der Waals surface area contributed by atoms with Crippen molar-refractivity contribution in [3.8, 4) is 0 Å². The Morgan fingerprint density at radius 2 is 1.74 bits per heavy atom. The highest BCUT2D eigenvalue weighted by Gasteiger charge is 2.09. The van der Waals surface area contributed by atoms with Crippen LogP contribution in [0.2, 0.25) is 0 Å². The summed E-state index contributed by atoms with van der Waals surface area (Å²) in [6, 6.07) is 9.47. The van der Waals surface area contributed by atoms with Gasteiger partial charge in [-0.15, -0.1) is 0 Å². The van der Waals surface area contributed by atoms with Crippen molar-refractivity contribution in [3.05, 3.63) is 62.5 Å². The Bertz CT molecular complexity index is 623. The molecular weight excluding hydrogens is 356 g/mol. The van der Waals surface area contributed by atoms with Gasteiger partial charge in [0.15, 0.2) is 0 Å². The highest BCUT2D eigenvalue weighted by Crippen LogP contribution is 2.22. The van der Waals surface area contributed by atoms with E-state index in [2.05, 4.69) is 27.9 Å². The third-order valence-electron chi connectivity index (χ3n) is 2.86. The van der Waals surface area contributed by atoms with Crippen molar-refractivity contribution in [2.75, 3.05) is 5.32 Å². The molecule has 1 amide bonds. The Morgan fingerprint density at radius 3 is 2.37 bits per heavy atom. The number of nitrogens with one attached hydrogen (secondary N) is 1. The van der Waals surface area contributed by atoms with Gasteiger partial charge in [0.2, 0.25) is 0 Å². The number of rotatable bonds is 2. The SMILES string of the molecule is Cc1cc(NC(=O)c2ccc(F)cc2)c(C)cc1I. The van der Waals surface area contributed by atoms with Crippen LogP contribution in [0.3, 0.4) is 0 Å². The molecule has 0 radical (unpaired) electrons. The van der Waals surface area contributed by atoms with E-state index in [0.29, 0.717) is 5.56 Å². The largest absolute Gasteiger partial charge is 0.322 e. The fourth-order valence-electron chi connectivity index (χ4n) is 1.71. The molecule has 0 heterocycles. The monoisotopic (exact) mass is 369 g/mol. The zero-order valence-electron chi connectivity index (χ0n) is 10.6. The van der Waals surface area contributed by atoms with E-state index >= 15 is 0 Å². The Morgan fingerprint density at radius 1 is 1.11 bits per heavy atom. The average molecular weight is 369 g/mol. The Balaban J connectivity index is 2.24. The molecule has 19 heavy (non-hydrogen) atoms. The van der Waals surface area contributed by atoms with Gasteiger partial charge in [0.05, 0.1) is 0 Å². The summed E-state index contributed by atoms with van der Waals surface area (Å²) < 4.78 is 14.0. The Labute approximate surface area is 125 Å². The first-order chi connectivity index (χ1) is 8.97. The molecule has 0 saturated carbocycles. The molecule has 0 fully saturated rings. The molecule has 0 saturated heterocycles. The second-order valence-electron chi connectivity index (χ2n) is 4.38. The molecule has 0 aliphatic carbocycles. The van der Waals surface area contributed by atoms with Gasteiger partial charge in [0.25, 0.3) is 5.91 Å². The normalized spacial score (nSPS) is 10.3. The van der Waals surface area contributed by atoms with Crippen molar-refractivity contribution in [1.29, 1.82) is 0 Å². The lowest BCUT2D eigenvalue weighted by molar-refractivity contribution is 0.102. The summed E-state index contributed by atoms with van der Waals surface area (Å²) in [5.74, 6) is -0.582. The van der Waals surface area contributed by atoms with Crippen molar-refractivity contribution in [2.24, 2.45) is 0 Å². The molecular formula is C15H13FINO. The maximum atomic E-state index is 12.8. The minimum absolute atomic E-state index is 0.233. The van der Waals surface area contributed by atoms with E-state index < -0.39 is 0 Å². The summed E-state index contributed by atoms with van der Waals surface area (Å²) in [6.07, 6.45) is 0. The van der Waals surface area contributed by atoms with Crippen LogP contribution in [0.1, 0.15) is 21.5 Å². The van der Waals surface area contributed by atoms with Crippen molar-refractivity contribution < 1.29 is 9.18 Å². The molecule has 0 bridgehead atoms. The molecule has 0 unspecified atom stereocenters. The number of aryl methyl sites for hydroxylation is 2. The van der Waals surface area contributed by atoms with Crippen LogP contribution in [0.15, 0.2) is 36.4 Å². The fraction of sp³-hybridized carbons (Fsp3) is 0.133. The summed E-state index contributed by atoms with van der Waals surface area (Å²) in [4.78, 5) is 12.0. The highest BCUT2D eigenvalue weighted by molar-refractivity contribution is 14.1. The number of carbonyl (C=O) groups is 1. The number of anilines is 1. The number of hydrogen-bond acceptors (Lipinski definition) is 1. The minimum atomic E-state index is -0.349. The summed E-state index contributed by atoms with van der Waals surface area (Å²) in [5, 5.41) is 2.85. The molecule has 1 N–H and O–H groups in total. The first-order valence-corrected chi connectivity index (χ1v) is 6.89. The lowest BCUT2D eigenvalue weighted by atomic mass is 10.1. The lowest BCUT2D eigenvalue weighted by Crippen LogP contribution is -2.13. The third kappa shape index (κ3) is 3.32. The van der Waals surface area contributed by atoms with E-state index in [1.54, 1.807) is 0 Å². The summed E-state index contributed by atoms with van der Waals surface area (Å²) in [7, 11) is 0. The zero-order chi connectivity index (χ0) is 14.0. The van der Waals surface area contributed by atoms with Crippen molar-refractivity contribution in [3.63, 3.8) is 0 Å². The van der Waals surface area contributed by atoms with E-state index in [0.717, 1.165) is 20.4 Å². The molecule has 2 aromatic carbocycles. The summed E-state index contributed by atoms with van der Waals surface area (Å²) >= 11 is 2.26. The highest BCUT2D eigenvalue weighted by atomic mass is 127. The van der Waals surface area contributed by atoms with Crippen LogP contribution >= 0.6 is 22.6 Å². The van der Waals surface area contributed by atoms with Crippen molar-refractivity contribution >= 4 is 34.2 Å². The smallest absolute Gasteiger partial charge is 0.255 e. The van der Waals surface area contributed by atoms with Gasteiger partial charge in [-0.25, -0.2) is 4.39 Å². The summed E-state index contributed by atoms with van der Waals surface area (Å²) in [6.45, 7) is 3.94. The fourth-order valence-corrected chi connectivity index (χ4v) is 2.33. The first kappa shape index (κ1) is 14.0. The predicted octanol–water partition coefficient (Wildman–Crippen LogP) is 4.30. The van der Waals surface area contributed by atoms with Crippen molar-refractivity contribution in [2.45, 2.75) is 13.8 Å².